The lowest BCUT2D eigenvalue weighted by atomic mass is 9.79. The Morgan fingerprint density at radius 2 is 1.88 bits per heavy atom. The molecule has 1 aromatic heterocycles. The second-order valence-corrected chi connectivity index (χ2v) is 9.53. The number of aromatic amines is 1. The van der Waals surface area contributed by atoms with Crippen molar-refractivity contribution in [3.05, 3.63) is 47.3 Å². The number of aromatic nitrogens is 1. The predicted octanol–water partition coefficient (Wildman–Crippen LogP) is 5.20. The minimum Gasteiger partial charge on any atom is -0.493 e. The molecule has 1 amide bonds. The second kappa shape index (κ2) is 10.8. The number of hydrogen-bond acceptors (Lipinski definition) is 4. The van der Waals surface area contributed by atoms with E-state index in [0.29, 0.717) is 53.3 Å². The van der Waals surface area contributed by atoms with Crippen LogP contribution in [0.5, 0.6) is 5.75 Å². The maximum atomic E-state index is 12.9. The maximum Gasteiger partial charge on any atom is 0.257 e. The highest BCUT2D eigenvalue weighted by molar-refractivity contribution is 6.13. The van der Waals surface area contributed by atoms with E-state index < -0.39 is 0 Å². The van der Waals surface area contributed by atoms with Gasteiger partial charge < -0.3 is 20.8 Å². The van der Waals surface area contributed by atoms with E-state index in [1.807, 2.05) is 18.2 Å². The zero-order valence-corrected chi connectivity index (χ0v) is 19.7. The van der Waals surface area contributed by atoms with Gasteiger partial charge in [0.2, 0.25) is 0 Å². The van der Waals surface area contributed by atoms with Crippen LogP contribution in [0.3, 0.4) is 0 Å². The van der Waals surface area contributed by atoms with Crippen molar-refractivity contribution < 1.29 is 14.3 Å². The third kappa shape index (κ3) is 5.80. The van der Waals surface area contributed by atoms with Gasteiger partial charge in [0, 0.05) is 36.1 Å². The van der Waals surface area contributed by atoms with Crippen LogP contribution in [-0.2, 0) is 6.42 Å². The Balaban J connectivity index is 1.60. The molecule has 3 rings (SSSR count). The number of carbonyl (C=O) groups is 2. The number of hydrogen-bond donors (Lipinski definition) is 3. The molecule has 174 valence electrons. The number of benzene rings is 1. The van der Waals surface area contributed by atoms with Gasteiger partial charge >= 0.3 is 0 Å². The van der Waals surface area contributed by atoms with Gasteiger partial charge in [0.25, 0.3) is 5.91 Å². The highest BCUT2D eigenvalue weighted by atomic mass is 16.5. The first-order chi connectivity index (χ1) is 15.3. The lowest BCUT2D eigenvalue weighted by molar-refractivity contribution is 0.0965. The fourth-order valence-corrected chi connectivity index (χ4v) is 5.00. The molecule has 32 heavy (non-hydrogen) atoms. The summed E-state index contributed by atoms with van der Waals surface area (Å²) in [5, 5.41) is 2.91. The van der Waals surface area contributed by atoms with Crippen molar-refractivity contribution >= 4 is 17.4 Å². The topological polar surface area (TPSA) is 97.2 Å². The van der Waals surface area contributed by atoms with E-state index in [-0.39, 0.29) is 17.7 Å². The Kier molecular flexibility index (Phi) is 8.13. The summed E-state index contributed by atoms with van der Waals surface area (Å²) in [6.45, 7) is 9.39. The van der Waals surface area contributed by atoms with Gasteiger partial charge in [0.15, 0.2) is 5.78 Å². The predicted molar refractivity (Wildman–Crippen MR) is 128 cm³/mol. The monoisotopic (exact) mass is 439 g/mol. The smallest absolute Gasteiger partial charge is 0.257 e. The van der Waals surface area contributed by atoms with Gasteiger partial charge in [0.05, 0.1) is 17.7 Å². The number of nitrogens with one attached hydrogen (secondary N) is 2. The summed E-state index contributed by atoms with van der Waals surface area (Å²) in [6.07, 6.45) is 5.53. The molecule has 0 saturated heterocycles. The number of anilines is 1. The third-order valence-corrected chi connectivity index (χ3v) is 6.41. The van der Waals surface area contributed by atoms with E-state index in [4.69, 9.17) is 10.5 Å². The van der Waals surface area contributed by atoms with Gasteiger partial charge in [-0.25, -0.2) is 0 Å². The Labute approximate surface area is 191 Å². The van der Waals surface area contributed by atoms with E-state index >= 15 is 0 Å². The van der Waals surface area contributed by atoms with Crippen molar-refractivity contribution in [1.29, 1.82) is 0 Å². The Morgan fingerprint density at radius 1 is 1.16 bits per heavy atom. The van der Waals surface area contributed by atoms with Crippen molar-refractivity contribution in [2.24, 2.45) is 23.5 Å². The summed E-state index contributed by atoms with van der Waals surface area (Å²) >= 11 is 0. The number of nitrogens with two attached hydrogens (primary N) is 1. The molecule has 0 saturated carbocycles. The van der Waals surface area contributed by atoms with E-state index in [0.717, 1.165) is 31.4 Å². The van der Waals surface area contributed by atoms with Crippen molar-refractivity contribution in [3.63, 3.8) is 0 Å². The van der Waals surface area contributed by atoms with Crippen molar-refractivity contribution in [3.8, 4) is 5.75 Å². The SMILES string of the molecule is CC(C)C(C(C)C)C(N)CCOc1cccc(NC(=O)c2c[nH]c3c2C(=O)CCCC3)c1. The first-order valence-corrected chi connectivity index (χ1v) is 11.8. The highest BCUT2D eigenvalue weighted by Crippen LogP contribution is 2.27. The Bertz CT molecular complexity index is 924. The van der Waals surface area contributed by atoms with E-state index in [2.05, 4.69) is 38.0 Å². The lowest BCUT2D eigenvalue weighted by Gasteiger charge is -2.30. The molecule has 4 N–H and O–H groups in total. The van der Waals surface area contributed by atoms with Gasteiger partial charge in [-0.15, -0.1) is 0 Å². The molecule has 0 radical (unpaired) electrons. The lowest BCUT2D eigenvalue weighted by Crippen LogP contribution is -2.38. The van der Waals surface area contributed by atoms with Crippen LogP contribution in [0.15, 0.2) is 30.5 Å². The fourth-order valence-electron chi connectivity index (χ4n) is 5.00. The number of Topliss-reactive ketones (excluding diaryl/α,β-unsaturated/α-hetero) is 1. The maximum absolute atomic E-state index is 12.9. The number of ketones is 1. The molecule has 0 spiro atoms. The van der Waals surface area contributed by atoms with Gasteiger partial charge in [-0.05, 0) is 55.6 Å². The van der Waals surface area contributed by atoms with Gasteiger partial charge in [-0.3, -0.25) is 9.59 Å². The molecule has 1 aromatic carbocycles. The van der Waals surface area contributed by atoms with Crippen LogP contribution in [0.1, 0.15) is 79.8 Å². The molecule has 1 aliphatic rings. The summed E-state index contributed by atoms with van der Waals surface area (Å²) in [5.41, 5.74) is 8.91. The summed E-state index contributed by atoms with van der Waals surface area (Å²) < 4.78 is 5.93. The number of aryl methyl sites for hydroxylation is 1. The van der Waals surface area contributed by atoms with Crippen LogP contribution < -0.4 is 15.8 Å². The average Bonchev–Trinajstić information content (AvgIpc) is 3.06. The average molecular weight is 440 g/mol. The molecule has 0 fully saturated rings. The molecule has 2 aromatic rings. The zero-order valence-electron chi connectivity index (χ0n) is 19.7. The molecule has 1 atom stereocenters. The quantitative estimate of drug-likeness (QED) is 0.468. The minimum atomic E-state index is -0.284. The minimum absolute atomic E-state index is 0.0402. The van der Waals surface area contributed by atoms with Crippen LogP contribution in [-0.4, -0.2) is 29.3 Å². The van der Waals surface area contributed by atoms with Gasteiger partial charge in [0.1, 0.15) is 5.75 Å². The van der Waals surface area contributed by atoms with Gasteiger partial charge in [-0.1, -0.05) is 33.8 Å². The third-order valence-electron chi connectivity index (χ3n) is 6.41. The molecular formula is C26H37N3O3. The normalized spacial score (nSPS) is 15.1. The van der Waals surface area contributed by atoms with E-state index in [9.17, 15) is 9.59 Å². The molecule has 1 unspecified atom stereocenters. The molecular weight excluding hydrogens is 402 g/mol. The summed E-state index contributed by atoms with van der Waals surface area (Å²) in [6, 6.07) is 7.42. The fraction of sp³-hybridized carbons (Fsp3) is 0.538. The Hall–Kier alpha value is -2.60. The summed E-state index contributed by atoms with van der Waals surface area (Å²) in [4.78, 5) is 28.5. The van der Waals surface area contributed by atoms with Crippen molar-refractivity contribution in [2.75, 3.05) is 11.9 Å². The number of rotatable bonds is 9. The molecule has 1 heterocycles. The van der Waals surface area contributed by atoms with E-state index in [1.165, 1.54) is 0 Å². The van der Waals surface area contributed by atoms with Gasteiger partial charge in [-0.2, -0.15) is 0 Å². The molecule has 0 bridgehead atoms. The standard InChI is InChI=1S/C26H37N3O3/c1-16(2)24(17(3)4)21(27)12-13-32-19-9-7-8-18(14-19)29-26(31)20-15-28-22-10-5-6-11-23(30)25(20)22/h7-9,14-17,21,24,28H,5-6,10-13,27H2,1-4H3,(H,29,31). The molecule has 6 heteroatoms. The van der Waals surface area contributed by atoms with Crippen LogP contribution in [0.2, 0.25) is 0 Å². The largest absolute Gasteiger partial charge is 0.493 e. The van der Waals surface area contributed by atoms with Crippen molar-refractivity contribution in [1.82, 2.24) is 4.98 Å². The summed E-state index contributed by atoms with van der Waals surface area (Å²) in [7, 11) is 0. The molecule has 6 nitrogen and oxygen atoms in total. The number of fused-ring (bicyclic) bond motifs is 1. The first-order valence-electron chi connectivity index (χ1n) is 11.8. The van der Waals surface area contributed by atoms with Crippen LogP contribution >= 0.6 is 0 Å². The number of ether oxygens (including phenoxy) is 1. The van der Waals surface area contributed by atoms with Crippen LogP contribution in [0, 0.1) is 17.8 Å². The summed E-state index contributed by atoms with van der Waals surface area (Å²) in [5.74, 6) is 1.94. The highest BCUT2D eigenvalue weighted by Gasteiger charge is 2.25. The number of amides is 1. The van der Waals surface area contributed by atoms with Crippen molar-refractivity contribution in [2.45, 2.75) is 65.8 Å². The zero-order chi connectivity index (χ0) is 23.3. The van der Waals surface area contributed by atoms with E-state index in [1.54, 1.807) is 12.3 Å². The number of H-pyrrole nitrogens is 1. The first kappa shape index (κ1) is 24.1. The second-order valence-electron chi connectivity index (χ2n) is 9.53. The number of carbonyl (C=O) groups excluding carboxylic acids is 2. The van der Waals surface area contributed by atoms with Crippen LogP contribution in [0.4, 0.5) is 5.69 Å². The Morgan fingerprint density at radius 3 is 2.59 bits per heavy atom. The molecule has 0 aliphatic heterocycles. The molecule has 1 aliphatic carbocycles. The van der Waals surface area contributed by atoms with Crippen LogP contribution in [0.25, 0.3) is 0 Å².